The predicted octanol–water partition coefficient (Wildman–Crippen LogP) is 2.02. The third kappa shape index (κ3) is 4.47. The van der Waals surface area contributed by atoms with Crippen LogP contribution in [0.5, 0.6) is 0 Å². The first-order valence-corrected chi connectivity index (χ1v) is 9.02. The third-order valence-corrected chi connectivity index (χ3v) is 5.34. The van der Waals surface area contributed by atoms with Gasteiger partial charge in [0.25, 0.3) is 6.47 Å². The van der Waals surface area contributed by atoms with Crippen LogP contribution < -0.4 is 5.73 Å². The van der Waals surface area contributed by atoms with Crippen LogP contribution in [-0.2, 0) is 31.8 Å². The number of amides is 1. The molecule has 1 aliphatic carbocycles. The lowest BCUT2D eigenvalue weighted by atomic mass is 9.68. The second-order valence-corrected chi connectivity index (χ2v) is 7.70. The summed E-state index contributed by atoms with van der Waals surface area (Å²) in [7, 11) is 0. The fourth-order valence-corrected chi connectivity index (χ4v) is 3.74. The summed E-state index contributed by atoms with van der Waals surface area (Å²) >= 11 is 0. The van der Waals surface area contributed by atoms with Gasteiger partial charge in [-0.05, 0) is 37.0 Å². The summed E-state index contributed by atoms with van der Waals surface area (Å²) in [5.41, 5.74) is 5.57. The van der Waals surface area contributed by atoms with Gasteiger partial charge in [-0.25, -0.2) is 0 Å². The molecule has 1 amide bonds. The maximum absolute atomic E-state index is 12.8. The van der Waals surface area contributed by atoms with E-state index in [9.17, 15) is 22.8 Å². The van der Waals surface area contributed by atoms with Crippen molar-refractivity contribution in [1.82, 2.24) is 4.90 Å². The lowest BCUT2D eigenvalue weighted by molar-refractivity contribution is -0.156. The Morgan fingerprint density at radius 2 is 2.04 bits per heavy atom. The Balaban J connectivity index is 1.40. The number of aryl methyl sites for hydroxylation is 1. The third-order valence-electron chi connectivity index (χ3n) is 5.34. The summed E-state index contributed by atoms with van der Waals surface area (Å²) in [6.45, 7) is 2.99. The van der Waals surface area contributed by atoms with Crippen molar-refractivity contribution in [2.24, 2.45) is 11.7 Å². The van der Waals surface area contributed by atoms with E-state index < -0.39 is 17.3 Å². The SMILES string of the molecule is Cc1cc(COC2CN(C(=O)[C@H]3C[C@](N)(COC=O)C3)C2)ccc1C(F)(F)F. The van der Waals surface area contributed by atoms with Gasteiger partial charge in [-0.15, -0.1) is 0 Å². The molecule has 0 unspecified atom stereocenters. The van der Waals surface area contributed by atoms with Crippen molar-refractivity contribution in [1.29, 1.82) is 0 Å². The van der Waals surface area contributed by atoms with Crippen LogP contribution in [0.3, 0.4) is 0 Å². The van der Waals surface area contributed by atoms with E-state index in [0.717, 1.165) is 6.07 Å². The van der Waals surface area contributed by atoms with Gasteiger partial charge in [0.05, 0.1) is 23.8 Å². The minimum atomic E-state index is -4.36. The van der Waals surface area contributed by atoms with E-state index in [1.165, 1.54) is 19.1 Å². The molecule has 1 saturated heterocycles. The zero-order chi connectivity index (χ0) is 20.5. The Hall–Kier alpha value is -2.13. The van der Waals surface area contributed by atoms with E-state index in [1.807, 2.05) is 0 Å². The van der Waals surface area contributed by atoms with Crippen LogP contribution in [0, 0.1) is 12.8 Å². The molecule has 6 nitrogen and oxygen atoms in total. The minimum absolute atomic E-state index is 0.0115. The monoisotopic (exact) mass is 400 g/mol. The van der Waals surface area contributed by atoms with Gasteiger partial charge in [-0.1, -0.05) is 12.1 Å². The number of carbonyl (C=O) groups is 2. The van der Waals surface area contributed by atoms with Crippen molar-refractivity contribution in [2.45, 2.75) is 44.2 Å². The molecule has 0 atom stereocenters. The molecule has 3 rings (SSSR count). The molecule has 0 bridgehead atoms. The summed E-state index contributed by atoms with van der Waals surface area (Å²) in [5.74, 6) is -0.156. The van der Waals surface area contributed by atoms with Crippen molar-refractivity contribution < 1.29 is 32.2 Å². The topological polar surface area (TPSA) is 81.9 Å². The highest BCUT2D eigenvalue weighted by atomic mass is 19.4. The maximum Gasteiger partial charge on any atom is 0.416 e. The molecule has 1 aromatic carbocycles. The summed E-state index contributed by atoms with van der Waals surface area (Å²) < 4.78 is 48.7. The van der Waals surface area contributed by atoms with Crippen molar-refractivity contribution in [3.8, 4) is 0 Å². The average Bonchev–Trinajstić information content (AvgIpc) is 2.54. The van der Waals surface area contributed by atoms with E-state index in [1.54, 1.807) is 4.90 Å². The van der Waals surface area contributed by atoms with Gasteiger partial charge in [0.15, 0.2) is 0 Å². The van der Waals surface area contributed by atoms with Gasteiger partial charge < -0.3 is 20.1 Å². The lowest BCUT2D eigenvalue weighted by Gasteiger charge is -2.48. The second kappa shape index (κ2) is 7.71. The number of likely N-dealkylation sites (tertiary alicyclic amines) is 1. The molecule has 1 aromatic rings. The highest BCUT2D eigenvalue weighted by Gasteiger charge is 2.48. The van der Waals surface area contributed by atoms with Crippen LogP contribution in [0.1, 0.15) is 29.5 Å². The highest BCUT2D eigenvalue weighted by Crippen LogP contribution is 2.38. The highest BCUT2D eigenvalue weighted by molar-refractivity contribution is 5.81. The first-order valence-electron chi connectivity index (χ1n) is 9.02. The molecular formula is C19H23F3N2O4. The molecule has 1 aliphatic heterocycles. The smallest absolute Gasteiger partial charge is 0.416 e. The Bertz CT molecular complexity index is 741. The first kappa shape index (κ1) is 20.6. The number of halogens is 3. The summed E-state index contributed by atoms with van der Waals surface area (Å²) in [6.07, 6.45) is -3.54. The predicted molar refractivity (Wildman–Crippen MR) is 93.0 cm³/mol. The summed E-state index contributed by atoms with van der Waals surface area (Å²) in [6, 6.07) is 3.95. The number of nitrogens with zero attached hydrogens (tertiary/aromatic N) is 1. The zero-order valence-electron chi connectivity index (χ0n) is 15.5. The fourth-order valence-electron chi connectivity index (χ4n) is 3.74. The van der Waals surface area contributed by atoms with E-state index in [0.29, 0.717) is 38.0 Å². The molecule has 28 heavy (non-hydrogen) atoms. The Labute approximate surface area is 160 Å². The second-order valence-electron chi connectivity index (χ2n) is 7.70. The average molecular weight is 400 g/mol. The van der Waals surface area contributed by atoms with Crippen LogP contribution in [-0.4, -0.2) is 48.6 Å². The quantitative estimate of drug-likeness (QED) is 0.709. The molecule has 0 radical (unpaired) electrons. The van der Waals surface area contributed by atoms with Crippen LogP contribution in [0.4, 0.5) is 13.2 Å². The van der Waals surface area contributed by atoms with E-state index >= 15 is 0 Å². The molecule has 154 valence electrons. The largest absolute Gasteiger partial charge is 0.466 e. The van der Waals surface area contributed by atoms with Gasteiger partial charge in [0, 0.05) is 19.0 Å². The van der Waals surface area contributed by atoms with E-state index in [-0.39, 0.29) is 36.7 Å². The number of carbonyl (C=O) groups excluding carboxylic acids is 2. The van der Waals surface area contributed by atoms with Gasteiger partial charge in [0.1, 0.15) is 6.61 Å². The Morgan fingerprint density at radius 3 is 2.61 bits per heavy atom. The number of ether oxygens (including phenoxy) is 2. The number of hydrogen-bond donors (Lipinski definition) is 1. The zero-order valence-corrected chi connectivity index (χ0v) is 15.5. The normalized spacial score (nSPS) is 25.0. The first-order chi connectivity index (χ1) is 13.1. The van der Waals surface area contributed by atoms with E-state index in [2.05, 4.69) is 4.74 Å². The molecule has 2 fully saturated rings. The van der Waals surface area contributed by atoms with Gasteiger partial charge in [-0.3, -0.25) is 9.59 Å². The van der Waals surface area contributed by atoms with E-state index in [4.69, 9.17) is 10.5 Å². The van der Waals surface area contributed by atoms with Gasteiger partial charge in [-0.2, -0.15) is 13.2 Å². The number of rotatable bonds is 7. The number of nitrogens with two attached hydrogens (primary N) is 1. The lowest BCUT2D eigenvalue weighted by Crippen LogP contribution is -2.63. The van der Waals surface area contributed by atoms with Crippen LogP contribution in [0.15, 0.2) is 18.2 Å². The molecule has 1 saturated carbocycles. The summed E-state index contributed by atoms with van der Waals surface area (Å²) in [4.78, 5) is 24.3. The summed E-state index contributed by atoms with van der Waals surface area (Å²) in [5, 5.41) is 0. The van der Waals surface area contributed by atoms with Crippen molar-refractivity contribution in [3.63, 3.8) is 0 Å². The molecule has 2 N–H and O–H groups in total. The molecular weight excluding hydrogens is 377 g/mol. The van der Waals surface area contributed by atoms with Crippen molar-refractivity contribution in [3.05, 3.63) is 34.9 Å². The molecule has 0 spiro atoms. The number of alkyl halides is 3. The number of benzene rings is 1. The molecule has 9 heteroatoms. The van der Waals surface area contributed by atoms with Gasteiger partial charge >= 0.3 is 6.18 Å². The van der Waals surface area contributed by atoms with Crippen molar-refractivity contribution >= 4 is 12.4 Å². The van der Waals surface area contributed by atoms with Crippen LogP contribution in [0.25, 0.3) is 0 Å². The van der Waals surface area contributed by atoms with Crippen LogP contribution in [0.2, 0.25) is 0 Å². The maximum atomic E-state index is 12.8. The number of hydrogen-bond acceptors (Lipinski definition) is 5. The molecule has 1 heterocycles. The van der Waals surface area contributed by atoms with Gasteiger partial charge in [0.2, 0.25) is 5.91 Å². The van der Waals surface area contributed by atoms with Crippen LogP contribution >= 0.6 is 0 Å². The molecule has 0 aromatic heterocycles. The minimum Gasteiger partial charge on any atom is -0.466 e. The Morgan fingerprint density at radius 1 is 1.36 bits per heavy atom. The standard InChI is InChI=1S/C19H23F3N2O4/c1-12-4-13(2-3-16(12)19(20,21)22)9-28-15-7-24(8-15)17(26)14-5-18(23,6-14)10-27-11-25/h2-4,11,14-15H,5-10,23H2,1H3/t14-,18+. The Kier molecular flexibility index (Phi) is 5.67. The fraction of sp³-hybridized carbons (Fsp3) is 0.579. The molecule has 2 aliphatic rings. The van der Waals surface area contributed by atoms with Crippen molar-refractivity contribution in [2.75, 3.05) is 19.7 Å².